The first-order valence-electron chi connectivity index (χ1n) is 13.1. The first kappa shape index (κ1) is 28.3. The summed E-state index contributed by atoms with van der Waals surface area (Å²) in [5.41, 5.74) is 3.00. The molecular weight excluding hydrogens is 354 g/mol. The molecule has 0 rings (SSSR count). The highest BCUT2D eigenvalue weighted by molar-refractivity contribution is 4.88. The van der Waals surface area contributed by atoms with Gasteiger partial charge in [-0.3, -0.25) is 0 Å². The maximum atomic E-state index is 5.87. The minimum Gasteiger partial charge on any atom is -0.490 e. The van der Waals surface area contributed by atoms with Crippen LogP contribution in [0.4, 0.5) is 0 Å². The van der Waals surface area contributed by atoms with Gasteiger partial charge in [0.2, 0.25) is 0 Å². The molecule has 0 aromatic rings. The molecule has 0 aromatic heterocycles. The molecule has 0 bridgehead atoms. The molecule has 0 fully saturated rings. The van der Waals surface area contributed by atoms with Crippen LogP contribution in [0.2, 0.25) is 0 Å². The van der Waals surface area contributed by atoms with E-state index in [1.807, 2.05) is 0 Å². The van der Waals surface area contributed by atoms with E-state index in [2.05, 4.69) is 31.5 Å². The highest BCUT2D eigenvalue weighted by Gasteiger charge is 1.99. The lowest BCUT2D eigenvalue weighted by atomic mass is 10.1. The monoisotopic (exact) mass is 407 g/mol. The number of allylic oxidation sites excluding steroid dienone is 1. The van der Waals surface area contributed by atoms with Gasteiger partial charge >= 0.3 is 0 Å². The first-order chi connectivity index (χ1) is 14.3. The Morgan fingerprint density at radius 1 is 0.621 bits per heavy atom. The average molecular weight is 408 g/mol. The Morgan fingerprint density at radius 3 is 1.59 bits per heavy atom. The summed E-state index contributed by atoms with van der Waals surface area (Å²) in [4.78, 5) is 0. The van der Waals surface area contributed by atoms with Crippen molar-refractivity contribution in [2.24, 2.45) is 0 Å². The zero-order valence-corrected chi connectivity index (χ0v) is 20.2. The lowest BCUT2D eigenvalue weighted by molar-refractivity contribution is 0.194. The van der Waals surface area contributed by atoms with Crippen LogP contribution in [0.3, 0.4) is 0 Å². The lowest BCUT2D eigenvalue weighted by Crippen LogP contribution is -2.16. The molecule has 0 atom stereocenters. The molecule has 0 radical (unpaired) electrons. The van der Waals surface area contributed by atoms with Crippen LogP contribution in [0.15, 0.2) is 18.1 Å². The van der Waals surface area contributed by atoms with E-state index in [1.165, 1.54) is 129 Å². The fourth-order valence-corrected chi connectivity index (χ4v) is 3.69. The van der Waals surface area contributed by atoms with Gasteiger partial charge < -0.3 is 10.1 Å². The van der Waals surface area contributed by atoms with E-state index in [1.54, 1.807) is 0 Å². The standard InChI is InChI=1S/C27H53NO/c1-4-7-9-11-13-18-22-26-29-27(6-3)23-19-15-14-17-21-25-28-24-20-16-12-10-8-5-2/h28H,3-5,7-26H2,1-2H3. The second-order valence-corrected chi connectivity index (χ2v) is 8.61. The van der Waals surface area contributed by atoms with Gasteiger partial charge in [-0.05, 0) is 38.8 Å². The molecule has 0 amide bonds. The number of rotatable bonds is 24. The van der Waals surface area contributed by atoms with Gasteiger partial charge in [0.25, 0.3) is 0 Å². The molecular formula is C27H53NO. The Morgan fingerprint density at radius 2 is 1.07 bits per heavy atom. The van der Waals surface area contributed by atoms with Crippen molar-refractivity contribution in [3.8, 4) is 0 Å². The fraction of sp³-hybridized carbons (Fsp3) is 0.889. The van der Waals surface area contributed by atoms with Crippen molar-refractivity contribution < 1.29 is 4.74 Å². The summed E-state index contributed by atoms with van der Waals surface area (Å²) in [7, 11) is 0. The van der Waals surface area contributed by atoms with E-state index in [4.69, 9.17) is 4.74 Å². The summed E-state index contributed by atoms with van der Waals surface area (Å²) in [5.74, 6) is 0.983. The molecule has 1 N–H and O–H groups in total. The van der Waals surface area contributed by atoms with Crippen LogP contribution in [0.5, 0.6) is 0 Å². The predicted molar refractivity (Wildman–Crippen MR) is 131 cm³/mol. The predicted octanol–water partition coefficient (Wildman–Crippen LogP) is 8.71. The van der Waals surface area contributed by atoms with E-state index in [9.17, 15) is 0 Å². The van der Waals surface area contributed by atoms with Crippen LogP contribution in [0, 0.1) is 0 Å². The summed E-state index contributed by atoms with van der Waals surface area (Å²) in [5, 5.41) is 3.60. The van der Waals surface area contributed by atoms with Gasteiger partial charge in [-0.15, -0.1) is 0 Å². The fourth-order valence-electron chi connectivity index (χ4n) is 3.69. The van der Waals surface area contributed by atoms with E-state index in [-0.39, 0.29) is 0 Å². The minimum atomic E-state index is 0.843. The van der Waals surface area contributed by atoms with Gasteiger partial charge in [0.1, 0.15) is 5.76 Å². The third-order valence-electron chi connectivity index (χ3n) is 5.69. The van der Waals surface area contributed by atoms with E-state index < -0.39 is 0 Å². The molecule has 0 aliphatic rings. The first-order valence-corrected chi connectivity index (χ1v) is 13.1. The van der Waals surface area contributed by atoms with Gasteiger partial charge in [-0.2, -0.15) is 0 Å². The molecule has 2 heteroatoms. The van der Waals surface area contributed by atoms with Crippen LogP contribution in [0.25, 0.3) is 0 Å². The molecule has 0 unspecified atom stereocenters. The molecule has 0 heterocycles. The zero-order chi connectivity index (χ0) is 21.3. The second-order valence-electron chi connectivity index (χ2n) is 8.61. The van der Waals surface area contributed by atoms with Gasteiger partial charge in [0.05, 0.1) is 6.61 Å². The number of hydrogen-bond donors (Lipinski definition) is 1. The molecule has 29 heavy (non-hydrogen) atoms. The normalized spacial score (nSPS) is 10.8. The summed E-state index contributed by atoms with van der Waals surface area (Å²) < 4.78 is 5.87. The summed E-state index contributed by atoms with van der Waals surface area (Å²) >= 11 is 0. The Bertz CT molecular complexity index is 360. The third-order valence-corrected chi connectivity index (χ3v) is 5.69. The van der Waals surface area contributed by atoms with Crippen LogP contribution in [0.1, 0.15) is 136 Å². The van der Waals surface area contributed by atoms with Crippen LogP contribution in [-0.4, -0.2) is 19.7 Å². The van der Waals surface area contributed by atoms with Crippen molar-refractivity contribution >= 4 is 0 Å². The van der Waals surface area contributed by atoms with E-state index in [0.717, 1.165) is 18.8 Å². The second kappa shape index (κ2) is 25.3. The van der Waals surface area contributed by atoms with Crippen LogP contribution >= 0.6 is 0 Å². The highest BCUT2D eigenvalue weighted by Crippen LogP contribution is 2.13. The topological polar surface area (TPSA) is 21.3 Å². The maximum absolute atomic E-state index is 5.87. The largest absolute Gasteiger partial charge is 0.490 e. The summed E-state index contributed by atoms with van der Waals surface area (Å²) in [6, 6.07) is 0. The zero-order valence-electron chi connectivity index (χ0n) is 20.2. The van der Waals surface area contributed by atoms with Crippen molar-refractivity contribution in [3.05, 3.63) is 18.1 Å². The molecule has 172 valence electrons. The minimum absolute atomic E-state index is 0.843. The van der Waals surface area contributed by atoms with Crippen molar-refractivity contribution in [1.29, 1.82) is 0 Å². The van der Waals surface area contributed by atoms with Crippen molar-refractivity contribution in [2.45, 2.75) is 136 Å². The molecule has 0 saturated heterocycles. The van der Waals surface area contributed by atoms with Crippen LogP contribution in [-0.2, 0) is 4.74 Å². The highest BCUT2D eigenvalue weighted by atomic mass is 16.5. The van der Waals surface area contributed by atoms with Gasteiger partial charge in [-0.25, -0.2) is 0 Å². The SMILES string of the molecule is C=C=C(CCCCCCCNCCCCCCCC)OCCCCCCCCC. The van der Waals surface area contributed by atoms with E-state index in [0.29, 0.717) is 0 Å². The summed E-state index contributed by atoms with van der Waals surface area (Å²) in [6.07, 6.45) is 25.1. The summed E-state index contributed by atoms with van der Waals surface area (Å²) in [6.45, 7) is 11.6. The smallest absolute Gasteiger partial charge is 0.137 e. The Hall–Kier alpha value is -0.720. The molecule has 0 spiro atoms. The van der Waals surface area contributed by atoms with Crippen molar-refractivity contribution in [1.82, 2.24) is 5.32 Å². The molecule has 0 saturated carbocycles. The van der Waals surface area contributed by atoms with E-state index >= 15 is 0 Å². The number of hydrogen-bond acceptors (Lipinski definition) is 2. The Kier molecular flexibility index (Phi) is 24.7. The number of unbranched alkanes of at least 4 members (excludes halogenated alkanes) is 15. The molecule has 0 aromatic carbocycles. The van der Waals surface area contributed by atoms with Crippen molar-refractivity contribution in [3.63, 3.8) is 0 Å². The number of ether oxygens (including phenoxy) is 1. The molecule has 0 aliphatic carbocycles. The molecule has 0 aliphatic heterocycles. The number of nitrogens with one attached hydrogen (secondary N) is 1. The maximum Gasteiger partial charge on any atom is 0.137 e. The van der Waals surface area contributed by atoms with Gasteiger partial charge in [-0.1, -0.05) is 116 Å². The van der Waals surface area contributed by atoms with Crippen molar-refractivity contribution in [2.75, 3.05) is 19.7 Å². The van der Waals surface area contributed by atoms with Gasteiger partial charge in [0.15, 0.2) is 0 Å². The third kappa shape index (κ3) is 23.4. The molecule has 2 nitrogen and oxygen atoms in total. The quantitative estimate of drug-likeness (QED) is 0.0981. The van der Waals surface area contributed by atoms with Gasteiger partial charge in [0, 0.05) is 6.42 Å². The Labute approximate surface area is 184 Å². The average Bonchev–Trinajstić information content (AvgIpc) is 2.74. The van der Waals surface area contributed by atoms with Crippen LogP contribution < -0.4 is 5.32 Å². The lowest BCUT2D eigenvalue weighted by Gasteiger charge is -2.09. The Balaban J connectivity index is 3.28.